The molecule has 1 heterocycles. The second-order valence-corrected chi connectivity index (χ2v) is 4.30. The first kappa shape index (κ1) is 11.1. The van der Waals surface area contributed by atoms with Gasteiger partial charge in [0.1, 0.15) is 0 Å². The van der Waals surface area contributed by atoms with Crippen LogP contribution in [0.5, 0.6) is 0 Å². The van der Waals surface area contributed by atoms with Gasteiger partial charge in [-0.15, -0.1) is 0 Å². The van der Waals surface area contributed by atoms with Crippen LogP contribution in [0.2, 0.25) is 5.02 Å². The van der Waals surface area contributed by atoms with Crippen molar-refractivity contribution in [2.24, 2.45) is 5.73 Å². The van der Waals surface area contributed by atoms with Gasteiger partial charge >= 0.3 is 5.69 Å². The van der Waals surface area contributed by atoms with E-state index in [1.165, 1.54) is 0 Å². The summed E-state index contributed by atoms with van der Waals surface area (Å²) in [5, 5.41) is 1.46. The number of H-pyrrole nitrogens is 1. The van der Waals surface area contributed by atoms with Crippen LogP contribution in [0.4, 0.5) is 0 Å². The lowest BCUT2D eigenvalue weighted by Gasteiger charge is -2.08. The highest BCUT2D eigenvalue weighted by atomic mass is 35.5. The molecule has 2 rings (SSSR count). The van der Waals surface area contributed by atoms with E-state index in [0.717, 1.165) is 11.1 Å². The van der Waals surface area contributed by atoms with Gasteiger partial charge in [0.2, 0.25) is 0 Å². The van der Waals surface area contributed by atoms with Crippen LogP contribution in [0.3, 0.4) is 0 Å². The minimum Gasteiger partial charge on any atom is -0.328 e. The number of nitrogens with two attached hydrogens (primary N) is 1. The number of benzene rings is 1. The Kier molecular flexibility index (Phi) is 2.94. The zero-order valence-corrected chi connectivity index (χ0v) is 9.58. The van der Waals surface area contributed by atoms with E-state index in [1.54, 1.807) is 12.1 Å². The normalized spacial score (nSPS) is 12.9. The highest BCUT2D eigenvalue weighted by molar-refractivity contribution is 6.31. The van der Waals surface area contributed by atoms with Crippen LogP contribution in [-0.2, 0) is 6.42 Å². The molecular weight excluding hydrogens is 226 g/mol. The fourth-order valence-electron chi connectivity index (χ4n) is 1.67. The molecule has 1 aromatic carbocycles. The van der Waals surface area contributed by atoms with Gasteiger partial charge in [-0.2, -0.15) is 4.98 Å². The van der Waals surface area contributed by atoms with Crippen molar-refractivity contribution in [2.75, 3.05) is 0 Å². The fourth-order valence-corrected chi connectivity index (χ4v) is 1.84. The molecule has 1 aromatic heterocycles. The molecule has 5 heteroatoms. The maximum atomic E-state index is 11.3. The SMILES string of the molecule is CC(N)Cc1[nH]c(=O)nc2cc(Cl)ccc12. The lowest BCUT2D eigenvalue weighted by Crippen LogP contribution is -2.22. The Labute approximate surface area is 97.5 Å². The Morgan fingerprint density at radius 3 is 3.00 bits per heavy atom. The number of nitrogens with one attached hydrogen (secondary N) is 1. The number of fused-ring (bicyclic) bond motifs is 1. The Hall–Kier alpha value is -1.39. The van der Waals surface area contributed by atoms with Crippen molar-refractivity contribution < 1.29 is 0 Å². The maximum Gasteiger partial charge on any atom is 0.345 e. The number of hydrogen-bond donors (Lipinski definition) is 2. The number of hydrogen-bond acceptors (Lipinski definition) is 3. The van der Waals surface area contributed by atoms with Crippen LogP contribution in [0.1, 0.15) is 12.6 Å². The number of aromatic amines is 1. The van der Waals surface area contributed by atoms with Gasteiger partial charge in [-0.25, -0.2) is 4.79 Å². The van der Waals surface area contributed by atoms with E-state index in [2.05, 4.69) is 9.97 Å². The van der Waals surface area contributed by atoms with Crippen LogP contribution in [0.25, 0.3) is 10.9 Å². The molecule has 4 nitrogen and oxygen atoms in total. The summed E-state index contributed by atoms with van der Waals surface area (Å²) in [7, 11) is 0. The van der Waals surface area contributed by atoms with Crippen molar-refractivity contribution >= 4 is 22.5 Å². The second kappa shape index (κ2) is 4.23. The van der Waals surface area contributed by atoms with E-state index in [0.29, 0.717) is 17.0 Å². The molecule has 0 aliphatic heterocycles. The zero-order chi connectivity index (χ0) is 11.7. The topological polar surface area (TPSA) is 71.8 Å². The number of nitrogens with zero attached hydrogens (tertiary/aromatic N) is 1. The van der Waals surface area contributed by atoms with E-state index >= 15 is 0 Å². The van der Waals surface area contributed by atoms with Crippen LogP contribution in [0, 0.1) is 0 Å². The number of halogens is 1. The van der Waals surface area contributed by atoms with Crippen molar-refractivity contribution in [3.05, 3.63) is 39.4 Å². The molecule has 0 spiro atoms. The lowest BCUT2D eigenvalue weighted by atomic mass is 10.1. The Morgan fingerprint density at radius 1 is 1.56 bits per heavy atom. The maximum absolute atomic E-state index is 11.3. The first-order valence-corrected chi connectivity index (χ1v) is 5.38. The molecule has 1 atom stereocenters. The van der Waals surface area contributed by atoms with Gasteiger partial charge in [-0.05, 0) is 25.1 Å². The smallest absolute Gasteiger partial charge is 0.328 e. The van der Waals surface area contributed by atoms with Crippen molar-refractivity contribution in [2.45, 2.75) is 19.4 Å². The first-order valence-electron chi connectivity index (χ1n) is 5.00. The molecule has 16 heavy (non-hydrogen) atoms. The van der Waals surface area contributed by atoms with E-state index in [9.17, 15) is 4.79 Å². The molecular formula is C11H12ClN3O. The molecule has 0 aliphatic rings. The molecule has 2 aromatic rings. The Balaban J connectivity index is 2.68. The molecule has 0 amide bonds. The highest BCUT2D eigenvalue weighted by Gasteiger charge is 2.07. The van der Waals surface area contributed by atoms with Crippen LogP contribution in [0.15, 0.2) is 23.0 Å². The minimum atomic E-state index is -0.370. The average Bonchev–Trinajstić information content (AvgIpc) is 2.15. The van der Waals surface area contributed by atoms with Gasteiger partial charge < -0.3 is 10.7 Å². The van der Waals surface area contributed by atoms with Gasteiger partial charge in [0, 0.05) is 28.6 Å². The van der Waals surface area contributed by atoms with Crippen molar-refractivity contribution in [1.82, 2.24) is 9.97 Å². The molecule has 0 saturated carbocycles. The van der Waals surface area contributed by atoms with Crippen molar-refractivity contribution in [3.8, 4) is 0 Å². The third-order valence-electron chi connectivity index (χ3n) is 2.29. The van der Waals surface area contributed by atoms with E-state index < -0.39 is 0 Å². The molecule has 84 valence electrons. The summed E-state index contributed by atoms with van der Waals surface area (Å²) in [4.78, 5) is 17.9. The zero-order valence-electron chi connectivity index (χ0n) is 8.83. The fraction of sp³-hybridized carbons (Fsp3) is 0.273. The van der Waals surface area contributed by atoms with Crippen LogP contribution in [-0.4, -0.2) is 16.0 Å². The van der Waals surface area contributed by atoms with Crippen molar-refractivity contribution in [3.63, 3.8) is 0 Å². The van der Waals surface area contributed by atoms with Crippen LogP contribution >= 0.6 is 11.6 Å². The third kappa shape index (κ3) is 2.23. The van der Waals surface area contributed by atoms with E-state index in [4.69, 9.17) is 17.3 Å². The molecule has 3 N–H and O–H groups in total. The van der Waals surface area contributed by atoms with Gasteiger partial charge in [-0.3, -0.25) is 0 Å². The highest BCUT2D eigenvalue weighted by Crippen LogP contribution is 2.19. The quantitative estimate of drug-likeness (QED) is 0.831. The second-order valence-electron chi connectivity index (χ2n) is 3.86. The Morgan fingerprint density at radius 2 is 2.31 bits per heavy atom. The standard InChI is InChI=1S/C11H12ClN3O/c1-6(13)4-9-8-3-2-7(12)5-10(8)15-11(16)14-9/h2-3,5-6H,4,13H2,1H3,(H,14,15,16). The predicted molar refractivity (Wildman–Crippen MR) is 64.7 cm³/mol. The molecule has 0 radical (unpaired) electrons. The summed E-state index contributed by atoms with van der Waals surface area (Å²) in [5.41, 5.74) is 6.77. The van der Waals surface area contributed by atoms with Gasteiger partial charge in [0.15, 0.2) is 0 Å². The predicted octanol–water partition coefficient (Wildman–Crippen LogP) is 1.47. The van der Waals surface area contributed by atoms with Crippen molar-refractivity contribution in [1.29, 1.82) is 0 Å². The largest absolute Gasteiger partial charge is 0.345 e. The Bertz CT molecular complexity index is 577. The minimum absolute atomic E-state index is 0.0167. The van der Waals surface area contributed by atoms with Crippen LogP contribution < -0.4 is 11.4 Å². The van der Waals surface area contributed by atoms with E-state index in [-0.39, 0.29) is 11.7 Å². The monoisotopic (exact) mass is 237 g/mol. The van der Waals surface area contributed by atoms with Gasteiger partial charge in [-0.1, -0.05) is 11.6 Å². The molecule has 0 aliphatic carbocycles. The van der Waals surface area contributed by atoms with Gasteiger partial charge in [0.25, 0.3) is 0 Å². The third-order valence-corrected chi connectivity index (χ3v) is 2.53. The molecule has 0 bridgehead atoms. The average molecular weight is 238 g/mol. The summed E-state index contributed by atoms with van der Waals surface area (Å²) < 4.78 is 0. The summed E-state index contributed by atoms with van der Waals surface area (Å²) in [6, 6.07) is 5.28. The first-order chi connectivity index (χ1) is 7.56. The summed E-state index contributed by atoms with van der Waals surface area (Å²) in [5.74, 6) is 0. The van der Waals surface area contributed by atoms with Gasteiger partial charge in [0.05, 0.1) is 5.52 Å². The summed E-state index contributed by atoms with van der Waals surface area (Å²) >= 11 is 5.85. The molecule has 0 saturated heterocycles. The molecule has 1 unspecified atom stereocenters. The summed E-state index contributed by atoms with van der Waals surface area (Å²) in [6.45, 7) is 1.89. The summed E-state index contributed by atoms with van der Waals surface area (Å²) in [6.07, 6.45) is 0.607. The number of aromatic nitrogens is 2. The number of rotatable bonds is 2. The van der Waals surface area contributed by atoms with E-state index in [1.807, 2.05) is 13.0 Å². The molecule has 0 fully saturated rings. The lowest BCUT2D eigenvalue weighted by molar-refractivity contribution is 0.722.